The molecule has 1 N–H and O–H groups in total. The van der Waals surface area contributed by atoms with E-state index in [-0.39, 0.29) is 0 Å². The highest BCUT2D eigenvalue weighted by molar-refractivity contribution is 9.10. The second-order valence-electron chi connectivity index (χ2n) is 3.88. The summed E-state index contributed by atoms with van der Waals surface area (Å²) in [6, 6.07) is 4.04. The molecule has 0 unspecified atom stereocenters. The van der Waals surface area contributed by atoms with E-state index in [0.29, 0.717) is 6.61 Å². The van der Waals surface area contributed by atoms with Crippen LogP contribution in [-0.2, 0) is 6.54 Å². The van der Waals surface area contributed by atoms with Crippen molar-refractivity contribution in [2.45, 2.75) is 19.9 Å². The van der Waals surface area contributed by atoms with Crippen molar-refractivity contribution in [3.63, 3.8) is 0 Å². The van der Waals surface area contributed by atoms with Gasteiger partial charge in [0.25, 0.3) is 0 Å². The van der Waals surface area contributed by atoms with Gasteiger partial charge in [0.05, 0.1) is 18.2 Å². The molecule has 0 heterocycles. The minimum Gasteiger partial charge on any atom is -0.493 e. The zero-order valence-electron chi connectivity index (χ0n) is 11.0. The summed E-state index contributed by atoms with van der Waals surface area (Å²) in [4.78, 5) is 0. The summed E-state index contributed by atoms with van der Waals surface area (Å²) in [5.74, 6) is 1.53. The quantitative estimate of drug-likeness (QED) is 0.588. The molecule has 0 saturated heterocycles. The lowest BCUT2D eigenvalue weighted by Crippen LogP contribution is -2.12. The highest BCUT2D eigenvalue weighted by atomic mass is 79.9. The standard InChI is InChI=1S/C14H20BrNO2/c1-4-6-16-10-11-8-12(15)14(18-7-5-2)13(9-11)17-3/h4,8-9,16H,1,5-7,10H2,2-3H3. The molecule has 0 saturated carbocycles. The topological polar surface area (TPSA) is 30.5 Å². The van der Waals surface area contributed by atoms with Crippen molar-refractivity contribution in [2.24, 2.45) is 0 Å². The van der Waals surface area contributed by atoms with Gasteiger partial charge in [-0.2, -0.15) is 0 Å². The lowest BCUT2D eigenvalue weighted by Gasteiger charge is -2.14. The summed E-state index contributed by atoms with van der Waals surface area (Å²) in [6.07, 6.45) is 2.81. The molecular weight excluding hydrogens is 294 g/mol. The number of ether oxygens (including phenoxy) is 2. The van der Waals surface area contributed by atoms with E-state index in [1.807, 2.05) is 18.2 Å². The lowest BCUT2D eigenvalue weighted by molar-refractivity contribution is 0.292. The van der Waals surface area contributed by atoms with Gasteiger partial charge in [0.2, 0.25) is 0 Å². The maximum absolute atomic E-state index is 5.68. The monoisotopic (exact) mass is 313 g/mol. The smallest absolute Gasteiger partial charge is 0.175 e. The van der Waals surface area contributed by atoms with Gasteiger partial charge in [0.1, 0.15) is 0 Å². The Morgan fingerprint density at radius 3 is 2.83 bits per heavy atom. The van der Waals surface area contributed by atoms with Gasteiger partial charge in [0, 0.05) is 13.1 Å². The molecule has 0 aliphatic carbocycles. The Balaban J connectivity index is 2.84. The molecule has 0 aliphatic rings. The molecule has 0 amide bonds. The first-order chi connectivity index (χ1) is 8.72. The molecule has 0 fully saturated rings. The fourth-order valence-electron chi connectivity index (χ4n) is 1.54. The largest absolute Gasteiger partial charge is 0.493 e. The van der Waals surface area contributed by atoms with Crippen LogP contribution < -0.4 is 14.8 Å². The number of rotatable bonds is 8. The van der Waals surface area contributed by atoms with Crippen LogP contribution >= 0.6 is 15.9 Å². The summed E-state index contributed by atoms with van der Waals surface area (Å²) in [5, 5.41) is 3.26. The molecule has 100 valence electrons. The maximum Gasteiger partial charge on any atom is 0.175 e. The average molecular weight is 314 g/mol. The number of halogens is 1. The van der Waals surface area contributed by atoms with Crippen LogP contribution in [0.15, 0.2) is 29.3 Å². The van der Waals surface area contributed by atoms with Crippen molar-refractivity contribution >= 4 is 15.9 Å². The Hall–Kier alpha value is -1.00. The van der Waals surface area contributed by atoms with E-state index in [2.05, 4.69) is 34.7 Å². The van der Waals surface area contributed by atoms with Crippen molar-refractivity contribution in [2.75, 3.05) is 20.3 Å². The maximum atomic E-state index is 5.68. The van der Waals surface area contributed by atoms with Crippen molar-refractivity contribution in [3.05, 3.63) is 34.8 Å². The van der Waals surface area contributed by atoms with Crippen LogP contribution in [0.5, 0.6) is 11.5 Å². The third-order valence-corrected chi connectivity index (χ3v) is 2.95. The first-order valence-corrected chi connectivity index (χ1v) is 6.83. The van der Waals surface area contributed by atoms with Crippen molar-refractivity contribution in [3.8, 4) is 11.5 Å². The third-order valence-electron chi connectivity index (χ3n) is 2.36. The molecule has 0 bridgehead atoms. The van der Waals surface area contributed by atoms with E-state index in [4.69, 9.17) is 9.47 Å². The van der Waals surface area contributed by atoms with Gasteiger partial charge in [-0.05, 0) is 40.0 Å². The Morgan fingerprint density at radius 2 is 2.22 bits per heavy atom. The van der Waals surface area contributed by atoms with E-state index in [1.54, 1.807) is 7.11 Å². The molecule has 0 aliphatic heterocycles. The van der Waals surface area contributed by atoms with Crippen LogP contribution in [0, 0.1) is 0 Å². The highest BCUT2D eigenvalue weighted by Crippen LogP contribution is 2.36. The molecule has 0 atom stereocenters. The molecule has 18 heavy (non-hydrogen) atoms. The van der Waals surface area contributed by atoms with Crippen LogP contribution in [0.4, 0.5) is 0 Å². The molecule has 0 radical (unpaired) electrons. The third kappa shape index (κ3) is 4.35. The zero-order valence-corrected chi connectivity index (χ0v) is 12.5. The molecule has 0 spiro atoms. The first kappa shape index (κ1) is 15.1. The second kappa shape index (κ2) is 8.16. The Kier molecular flexibility index (Phi) is 6.83. The van der Waals surface area contributed by atoms with Gasteiger partial charge >= 0.3 is 0 Å². The van der Waals surface area contributed by atoms with Gasteiger partial charge in [-0.1, -0.05) is 13.0 Å². The summed E-state index contributed by atoms with van der Waals surface area (Å²) in [7, 11) is 1.65. The minimum absolute atomic E-state index is 0.684. The summed E-state index contributed by atoms with van der Waals surface area (Å²) in [5.41, 5.74) is 1.14. The van der Waals surface area contributed by atoms with Crippen LogP contribution in [0.2, 0.25) is 0 Å². The van der Waals surface area contributed by atoms with E-state index >= 15 is 0 Å². The van der Waals surface area contributed by atoms with Crippen molar-refractivity contribution < 1.29 is 9.47 Å². The van der Waals surface area contributed by atoms with E-state index in [1.165, 1.54) is 0 Å². The van der Waals surface area contributed by atoms with Gasteiger partial charge in [-0.3, -0.25) is 0 Å². The van der Waals surface area contributed by atoms with Gasteiger partial charge in [-0.25, -0.2) is 0 Å². The lowest BCUT2D eigenvalue weighted by atomic mass is 10.2. The van der Waals surface area contributed by atoms with Gasteiger partial charge in [-0.15, -0.1) is 6.58 Å². The van der Waals surface area contributed by atoms with E-state index < -0.39 is 0 Å². The summed E-state index contributed by atoms with van der Waals surface area (Å²) in [6.45, 7) is 7.99. The molecule has 0 aromatic heterocycles. The van der Waals surface area contributed by atoms with E-state index in [9.17, 15) is 0 Å². The fourth-order valence-corrected chi connectivity index (χ4v) is 2.14. The number of methoxy groups -OCH3 is 1. The van der Waals surface area contributed by atoms with Crippen LogP contribution in [-0.4, -0.2) is 20.3 Å². The molecule has 4 heteroatoms. The second-order valence-corrected chi connectivity index (χ2v) is 4.73. The van der Waals surface area contributed by atoms with Gasteiger partial charge < -0.3 is 14.8 Å². The molecule has 1 aromatic rings. The Bertz CT molecular complexity index is 394. The molecule has 3 nitrogen and oxygen atoms in total. The van der Waals surface area contributed by atoms with Crippen molar-refractivity contribution in [1.29, 1.82) is 0 Å². The van der Waals surface area contributed by atoms with Crippen molar-refractivity contribution in [1.82, 2.24) is 5.32 Å². The number of hydrogen-bond acceptors (Lipinski definition) is 3. The first-order valence-electron chi connectivity index (χ1n) is 6.03. The summed E-state index contributed by atoms with van der Waals surface area (Å²) < 4.78 is 12.0. The minimum atomic E-state index is 0.684. The Morgan fingerprint density at radius 1 is 1.44 bits per heavy atom. The normalized spacial score (nSPS) is 10.2. The summed E-state index contributed by atoms with van der Waals surface area (Å²) >= 11 is 3.53. The van der Waals surface area contributed by atoms with E-state index in [0.717, 1.165) is 41.0 Å². The number of hydrogen-bond donors (Lipinski definition) is 1. The SMILES string of the molecule is C=CCNCc1cc(Br)c(OCCC)c(OC)c1. The number of benzene rings is 1. The van der Waals surface area contributed by atoms with Crippen LogP contribution in [0.3, 0.4) is 0 Å². The van der Waals surface area contributed by atoms with Crippen LogP contribution in [0.1, 0.15) is 18.9 Å². The number of nitrogens with one attached hydrogen (secondary N) is 1. The zero-order chi connectivity index (χ0) is 13.4. The van der Waals surface area contributed by atoms with Crippen LogP contribution in [0.25, 0.3) is 0 Å². The molecular formula is C14H20BrNO2. The molecule has 1 aromatic carbocycles. The molecule has 1 rings (SSSR count). The highest BCUT2D eigenvalue weighted by Gasteiger charge is 2.11. The Labute approximate surface area is 117 Å². The van der Waals surface area contributed by atoms with Gasteiger partial charge in [0.15, 0.2) is 11.5 Å². The predicted molar refractivity (Wildman–Crippen MR) is 78.4 cm³/mol. The fraction of sp³-hybridized carbons (Fsp3) is 0.429. The average Bonchev–Trinajstić information content (AvgIpc) is 2.37. The predicted octanol–water partition coefficient (Wildman–Crippen LogP) is 3.52.